The number of ether oxygens (including phenoxy) is 6. The number of carbonyl (C=O) groups is 2. The molecule has 0 aromatic heterocycles. The lowest BCUT2D eigenvalue weighted by Crippen LogP contribution is -2.53. The quantitative estimate of drug-likeness (QED) is 0.509. The number of nitrogens with one attached hydrogen (secondary N) is 2. The van der Waals surface area contributed by atoms with Gasteiger partial charge in [0.25, 0.3) is 11.8 Å². The zero-order valence-corrected chi connectivity index (χ0v) is 21.6. The summed E-state index contributed by atoms with van der Waals surface area (Å²) in [4.78, 5) is 26.3. The van der Waals surface area contributed by atoms with E-state index in [-0.39, 0.29) is 23.9 Å². The summed E-state index contributed by atoms with van der Waals surface area (Å²) in [6.07, 6.45) is 3.35. The molecule has 10 heteroatoms. The van der Waals surface area contributed by atoms with E-state index in [1.54, 1.807) is 24.3 Å². The summed E-state index contributed by atoms with van der Waals surface area (Å²) < 4.78 is 32.1. The fourth-order valence-electron chi connectivity index (χ4n) is 4.40. The maximum Gasteiger partial charge on any atom is 0.251 e. The highest BCUT2D eigenvalue weighted by Gasteiger charge is 2.30. The van der Waals surface area contributed by atoms with Gasteiger partial charge in [-0.3, -0.25) is 9.59 Å². The molecule has 0 aliphatic heterocycles. The molecule has 2 amide bonds. The van der Waals surface area contributed by atoms with Gasteiger partial charge in [0.1, 0.15) is 0 Å². The lowest BCUT2D eigenvalue weighted by Gasteiger charge is -2.33. The highest BCUT2D eigenvalue weighted by atomic mass is 16.5. The van der Waals surface area contributed by atoms with E-state index in [1.165, 1.54) is 42.7 Å². The van der Waals surface area contributed by atoms with Crippen molar-refractivity contribution in [1.29, 1.82) is 0 Å². The summed E-state index contributed by atoms with van der Waals surface area (Å²) in [6, 6.07) is 5.89. The van der Waals surface area contributed by atoms with Gasteiger partial charge < -0.3 is 39.1 Å². The Morgan fingerprint density at radius 3 is 1.14 bits per heavy atom. The smallest absolute Gasteiger partial charge is 0.251 e. The van der Waals surface area contributed by atoms with Crippen LogP contribution < -0.4 is 39.1 Å². The van der Waals surface area contributed by atoms with Gasteiger partial charge in [-0.25, -0.2) is 0 Å². The van der Waals surface area contributed by atoms with E-state index < -0.39 is 0 Å². The second-order valence-corrected chi connectivity index (χ2v) is 8.27. The number of amides is 2. The number of benzene rings is 2. The molecule has 36 heavy (non-hydrogen) atoms. The van der Waals surface area contributed by atoms with Gasteiger partial charge in [0.05, 0.1) is 42.7 Å². The van der Waals surface area contributed by atoms with Crippen molar-refractivity contribution in [2.75, 3.05) is 42.7 Å². The SMILES string of the molecule is COc1cc(C(=O)NC2CCCCC2NC(=O)c2cc(OC)c(OC)c(OC)c2)cc(OC)c1OC. The average Bonchev–Trinajstić information content (AvgIpc) is 2.91. The van der Waals surface area contributed by atoms with Gasteiger partial charge in [-0.2, -0.15) is 0 Å². The monoisotopic (exact) mass is 502 g/mol. The van der Waals surface area contributed by atoms with E-state index in [4.69, 9.17) is 28.4 Å². The Morgan fingerprint density at radius 2 is 0.889 bits per heavy atom. The van der Waals surface area contributed by atoms with Gasteiger partial charge in [-0.1, -0.05) is 12.8 Å². The highest BCUT2D eigenvalue weighted by molar-refractivity contribution is 5.97. The molecule has 2 aromatic rings. The Bertz CT molecular complexity index is 952. The van der Waals surface area contributed by atoms with Crippen LogP contribution in [-0.4, -0.2) is 66.6 Å². The van der Waals surface area contributed by atoms with Crippen LogP contribution in [0.5, 0.6) is 34.5 Å². The lowest BCUT2D eigenvalue weighted by atomic mass is 9.89. The predicted octanol–water partition coefficient (Wildman–Crippen LogP) is 3.21. The van der Waals surface area contributed by atoms with E-state index in [9.17, 15) is 9.59 Å². The Balaban J connectivity index is 1.79. The molecule has 0 heterocycles. The molecule has 0 bridgehead atoms. The van der Waals surface area contributed by atoms with Gasteiger partial charge in [-0.05, 0) is 37.1 Å². The first-order valence-corrected chi connectivity index (χ1v) is 11.6. The van der Waals surface area contributed by atoms with E-state index in [0.717, 1.165) is 25.7 Å². The summed E-state index contributed by atoms with van der Waals surface area (Å²) >= 11 is 0. The van der Waals surface area contributed by atoms with Crippen LogP contribution in [0.15, 0.2) is 24.3 Å². The van der Waals surface area contributed by atoms with Gasteiger partial charge in [0.2, 0.25) is 11.5 Å². The summed E-state index contributed by atoms with van der Waals surface area (Å²) in [5.41, 5.74) is 0.731. The number of hydrogen-bond acceptors (Lipinski definition) is 8. The molecule has 0 spiro atoms. The van der Waals surface area contributed by atoms with Crippen molar-refractivity contribution in [2.24, 2.45) is 0 Å². The fraction of sp³-hybridized carbons (Fsp3) is 0.462. The van der Waals surface area contributed by atoms with Crippen molar-refractivity contribution in [2.45, 2.75) is 37.8 Å². The molecule has 3 rings (SSSR count). The molecule has 2 aromatic carbocycles. The van der Waals surface area contributed by atoms with E-state index in [2.05, 4.69) is 10.6 Å². The number of hydrogen-bond donors (Lipinski definition) is 2. The summed E-state index contributed by atoms with van der Waals surface area (Å²) in [5, 5.41) is 6.14. The van der Waals surface area contributed by atoms with E-state index >= 15 is 0 Å². The van der Waals surface area contributed by atoms with Crippen molar-refractivity contribution >= 4 is 11.8 Å². The van der Waals surface area contributed by atoms with Crippen molar-refractivity contribution in [1.82, 2.24) is 10.6 Å². The second-order valence-electron chi connectivity index (χ2n) is 8.27. The second kappa shape index (κ2) is 12.2. The molecule has 196 valence electrons. The topological polar surface area (TPSA) is 114 Å². The van der Waals surface area contributed by atoms with Gasteiger partial charge in [-0.15, -0.1) is 0 Å². The first-order valence-electron chi connectivity index (χ1n) is 11.6. The van der Waals surface area contributed by atoms with Crippen LogP contribution in [0, 0.1) is 0 Å². The van der Waals surface area contributed by atoms with Crippen LogP contribution >= 0.6 is 0 Å². The van der Waals surface area contributed by atoms with Crippen LogP contribution in [-0.2, 0) is 0 Å². The Kier molecular flexibility index (Phi) is 9.10. The lowest BCUT2D eigenvalue weighted by molar-refractivity contribution is 0.0862. The van der Waals surface area contributed by atoms with Crippen LogP contribution in [0.2, 0.25) is 0 Å². The van der Waals surface area contributed by atoms with Crippen LogP contribution in [0.4, 0.5) is 0 Å². The maximum atomic E-state index is 13.2. The molecule has 2 N–H and O–H groups in total. The average molecular weight is 503 g/mol. The largest absolute Gasteiger partial charge is 0.493 e. The third-order valence-electron chi connectivity index (χ3n) is 6.25. The minimum Gasteiger partial charge on any atom is -0.493 e. The minimum absolute atomic E-state index is 0.253. The van der Waals surface area contributed by atoms with E-state index in [1.807, 2.05) is 0 Å². The third kappa shape index (κ3) is 5.69. The first kappa shape index (κ1) is 26.8. The maximum absolute atomic E-state index is 13.2. The molecule has 0 radical (unpaired) electrons. The molecule has 1 aliphatic rings. The van der Waals surface area contributed by atoms with Gasteiger partial charge >= 0.3 is 0 Å². The molecule has 2 atom stereocenters. The fourth-order valence-corrected chi connectivity index (χ4v) is 4.40. The van der Waals surface area contributed by atoms with Crippen LogP contribution in [0.3, 0.4) is 0 Å². The highest BCUT2D eigenvalue weighted by Crippen LogP contribution is 2.39. The van der Waals surface area contributed by atoms with E-state index in [0.29, 0.717) is 45.6 Å². The third-order valence-corrected chi connectivity index (χ3v) is 6.25. The number of carbonyl (C=O) groups excluding carboxylic acids is 2. The van der Waals surface area contributed by atoms with Crippen molar-refractivity contribution < 1.29 is 38.0 Å². The Labute approximate surface area is 211 Å². The zero-order valence-electron chi connectivity index (χ0n) is 21.6. The number of rotatable bonds is 10. The van der Waals surface area contributed by atoms with Crippen LogP contribution in [0.1, 0.15) is 46.4 Å². The normalized spacial score (nSPS) is 16.9. The minimum atomic E-state index is -0.298. The van der Waals surface area contributed by atoms with Gasteiger partial charge in [0.15, 0.2) is 23.0 Å². The standard InChI is InChI=1S/C26H34N2O8/c1-31-19-11-15(12-20(32-2)23(19)35-5)25(29)27-17-9-7-8-10-18(17)28-26(30)16-13-21(33-3)24(36-6)22(14-16)34-4/h11-14,17-18H,7-10H2,1-6H3,(H,27,29)(H,28,30). The Morgan fingerprint density at radius 1 is 0.583 bits per heavy atom. The summed E-state index contributed by atoms with van der Waals surface area (Å²) in [7, 11) is 8.99. The number of methoxy groups -OCH3 is 6. The van der Waals surface area contributed by atoms with Crippen molar-refractivity contribution in [3.05, 3.63) is 35.4 Å². The molecular weight excluding hydrogens is 468 g/mol. The summed E-state index contributed by atoms with van der Waals surface area (Å²) in [6.45, 7) is 0. The van der Waals surface area contributed by atoms with Crippen molar-refractivity contribution in [3.8, 4) is 34.5 Å². The summed E-state index contributed by atoms with van der Waals surface area (Å²) in [5.74, 6) is 1.77. The Hall–Kier alpha value is -3.82. The first-order chi connectivity index (χ1) is 17.4. The molecule has 1 aliphatic carbocycles. The van der Waals surface area contributed by atoms with Crippen LogP contribution in [0.25, 0.3) is 0 Å². The molecule has 2 unspecified atom stereocenters. The zero-order chi connectivity index (χ0) is 26.2. The molecule has 0 saturated heterocycles. The predicted molar refractivity (Wildman–Crippen MR) is 133 cm³/mol. The van der Waals surface area contributed by atoms with Crippen molar-refractivity contribution in [3.63, 3.8) is 0 Å². The van der Waals surface area contributed by atoms with Gasteiger partial charge in [0, 0.05) is 23.2 Å². The molecule has 10 nitrogen and oxygen atoms in total. The molecule has 1 fully saturated rings. The molecule has 1 saturated carbocycles. The molecular formula is C26H34N2O8.